The highest BCUT2D eigenvalue weighted by Gasteiger charge is 2.20. The summed E-state index contributed by atoms with van der Waals surface area (Å²) in [5.41, 5.74) is 1.88. The lowest BCUT2D eigenvalue weighted by Crippen LogP contribution is -2.26. The number of benzene rings is 2. The normalized spacial score (nSPS) is 12.7. The summed E-state index contributed by atoms with van der Waals surface area (Å²) in [5, 5.41) is 8.63. The third-order valence-electron chi connectivity index (χ3n) is 5.43. The van der Waals surface area contributed by atoms with Gasteiger partial charge in [0.25, 0.3) is 5.95 Å². The van der Waals surface area contributed by atoms with Crippen molar-refractivity contribution < 1.29 is 17.9 Å². The minimum absolute atomic E-state index is 0.00524. The Labute approximate surface area is 245 Å². The van der Waals surface area contributed by atoms with Crippen LogP contribution in [0.15, 0.2) is 52.7 Å². The van der Waals surface area contributed by atoms with E-state index >= 15 is 0 Å². The maximum absolute atomic E-state index is 13.0. The molecule has 11 nitrogen and oxygen atoms in total. The van der Waals surface area contributed by atoms with Crippen molar-refractivity contribution in [3.8, 4) is 17.8 Å². The third kappa shape index (κ3) is 10.3. The molecule has 1 aromatic heterocycles. The van der Waals surface area contributed by atoms with Crippen LogP contribution in [0.25, 0.3) is 0 Å². The van der Waals surface area contributed by atoms with Crippen LogP contribution in [-0.2, 0) is 17.7 Å². The van der Waals surface area contributed by atoms with E-state index in [1.807, 2.05) is 65.8 Å². The number of azo groups is 1. The molecule has 1 heterocycles. The van der Waals surface area contributed by atoms with Crippen molar-refractivity contribution in [1.29, 1.82) is 0 Å². The van der Waals surface area contributed by atoms with Crippen LogP contribution in [0.2, 0.25) is 0 Å². The first-order valence-corrected chi connectivity index (χ1v) is 14.8. The molecule has 1 atom stereocenters. The Hall–Kier alpha value is -3.80. The highest BCUT2D eigenvalue weighted by Crippen LogP contribution is 2.32. The van der Waals surface area contributed by atoms with Gasteiger partial charge in [0.1, 0.15) is 22.6 Å². The van der Waals surface area contributed by atoms with E-state index in [-0.39, 0.29) is 18.0 Å². The summed E-state index contributed by atoms with van der Waals surface area (Å²) in [7, 11) is 0. The van der Waals surface area contributed by atoms with Crippen molar-refractivity contribution in [2.75, 3.05) is 22.7 Å². The Bertz CT molecular complexity index is 1310. The second-order valence-corrected chi connectivity index (χ2v) is 12.0. The fraction of sp³-hybridized carbons (Fsp3) is 0.483. The largest absolute Gasteiger partial charge is 0.458 e. The topological polar surface area (TPSA) is 123 Å². The Morgan fingerprint density at radius 3 is 1.93 bits per heavy atom. The first-order valence-electron chi connectivity index (χ1n) is 13.7. The van der Waals surface area contributed by atoms with Crippen LogP contribution < -0.4 is 23.3 Å². The van der Waals surface area contributed by atoms with Crippen LogP contribution in [0.3, 0.4) is 0 Å². The smallest absolute Gasteiger partial charge is 0.325 e. The van der Waals surface area contributed by atoms with Gasteiger partial charge >= 0.3 is 23.3 Å². The lowest BCUT2D eigenvalue weighted by Gasteiger charge is -2.22. The first-order chi connectivity index (χ1) is 19.3. The van der Waals surface area contributed by atoms with E-state index in [0.717, 1.165) is 30.8 Å². The molecule has 0 saturated heterocycles. The van der Waals surface area contributed by atoms with Gasteiger partial charge in [-0.1, -0.05) is 19.1 Å². The minimum Gasteiger partial charge on any atom is -0.458 e. The van der Waals surface area contributed by atoms with E-state index in [1.54, 1.807) is 18.2 Å². The predicted molar refractivity (Wildman–Crippen MR) is 163 cm³/mol. The molecule has 3 aromatic rings. The molecular formula is C29H41N7O4S. The number of ether oxygens (including phenoxy) is 2. The van der Waals surface area contributed by atoms with E-state index < -0.39 is 22.5 Å². The third-order valence-corrected chi connectivity index (χ3v) is 6.16. The highest BCUT2D eigenvalue weighted by atomic mass is 32.2. The molecule has 0 amide bonds. The van der Waals surface area contributed by atoms with Gasteiger partial charge in [0.05, 0.1) is 5.69 Å². The lowest BCUT2D eigenvalue weighted by molar-refractivity contribution is 0.0984. The van der Waals surface area contributed by atoms with E-state index in [1.165, 1.54) is 0 Å². The standard InChI is InChI=1S/C29H41N7O4S/c1-10-20-13-16-22(17-14-20)40-41(37)35-24-19-21(36(11-2)12-3)15-18-23(24)33-34-25-30-26(38-28(4,5)6)32-27(31-25)39-29(7,8)9/h13-19,35H,10-12H2,1-9H3. The van der Waals surface area contributed by atoms with Crippen LogP contribution in [0.4, 0.5) is 23.0 Å². The van der Waals surface area contributed by atoms with E-state index in [9.17, 15) is 4.21 Å². The van der Waals surface area contributed by atoms with E-state index in [4.69, 9.17) is 13.7 Å². The van der Waals surface area contributed by atoms with Gasteiger partial charge in [0.2, 0.25) is 0 Å². The van der Waals surface area contributed by atoms with Crippen molar-refractivity contribution in [3.63, 3.8) is 0 Å². The summed E-state index contributed by atoms with van der Waals surface area (Å²) in [6.07, 6.45) is 0.906. The molecule has 2 aromatic carbocycles. The van der Waals surface area contributed by atoms with Crippen LogP contribution in [0.5, 0.6) is 17.8 Å². The molecule has 0 spiro atoms. The molecule has 12 heteroatoms. The van der Waals surface area contributed by atoms with E-state index in [2.05, 4.69) is 55.6 Å². The summed E-state index contributed by atoms with van der Waals surface area (Å²) in [5.74, 6) is 0.490. The average Bonchev–Trinajstić information content (AvgIpc) is 2.87. The van der Waals surface area contributed by atoms with Crippen LogP contribution in [0.1, 0.15) is 67.9 Å². The molecule has 1 unspecified atom stereocenters. The molecule has 0 radical (unpaired) electrons. The quantitative estimate of drug-likeness (QED) is 0.224. The van der Waals surface area contributed by atoms with Crippen molar-refractivity contribution in [2.24, 2.45) is 10.2 Å². The van der Waals surface area contributed by atoms with Gasteiger partial charge in [-0.3, -0.25) is 4.72 Å². The Balaban J connectivity index is 1.95. The van der Waals surface area contributed by atoms with Gasteiger partial charge in [0.15, 0.2) is 0 Å². The highest BCUT2D eigenvalue weighted by molar-refractivity contribution is 7.82. The van der Waals surface area contributed by atoms with Gasteiger partial charge < -0.3 is 18.6 Å². The lowest BCUT2D eigenvalue weighted by atomic mass is 10.2. The maximum Gasteiger partial charge on any atom is 0.325 e. The zero-order valence-electron chi connectivity index (χ0n) is 25.4. The molecule has 0 saturated carbocycles. The molecule has 0 aliphatic carbocycles. The number of hydrogen-bond acceptors (Lipinski definition) is 10. The van der Waals surface area contributed by atoms with Crippen molar-refractivity contribution in [3.05, 3.63) is 48.0 Å². The number of hydrogen-bond donors (Lipinski definition) is 1. The minimum atomic E-state index is -1.90. The Morgan fingerprint density at radius 1 is 0.829 bits per heavy atom. The second-order valence-electron chi connectivity index (χ2n) is 11.1. The van der Waals surface area contributed by atoms with Crippen molar-refractivity contribution in [2.45, 2.75) is 79.9 Å². The van der Waals surface area contributed by atoms with Crippen LogP contribution in [-0.4, -0.2) is 43.5 Å². The van der Waals surface area contributed by atoms with Crippen LogP contribution in [0, 0.1) is 0 Å². The molecular weight excluding hydrogens is 542 g/mol. The number of rotatable bonds is 12. The molecule has 41 heavy (non-hydrogen) atoms. The van der Waals surface area contributed by atoms with Gasteiger partial charge in [-0.15, -0.1) is 15.2 Å². The molecule has 0 bridgehead atoms. The zero-order chi connectivity index (χ0) is 30.2. The van der Waals surface area contributed by atoms with Crippen molar-refractivity contribution in [1.82, 2.24) is 15.0 Å². The summed E-state index contributed by atoms with van der Waals surface area (Å²) in [6, 6.07) is 13.2. The fourth-order valence-electron chi connectivity index (χ4n) is 3.57. The average molecular weight is 584 g/mol. The summed E-state index contributed by atoms with van der Waals surface area (Å²) in [6.45, 7) is 19.1. The van der Waals surface area contributed by atoms with E-state index in [0.29, 0.717) is 17.1 Å². The Morgan fingerprint density at radius 2 is 1.41 bits per heavy atom. The Kier molecular flexibility index (Phi) is 10.6. The molecule has 222 valence electrons. The molecule has 1 N–H and O–H groups in total. The summed E-state index contributed by atoms with van der Waals surface area (Å²) < 4.78 is 33.2. The first kappa shape index (κ1) is 31.7. The summed E-state index contributed by atoms with van der Waals surface area (Å²) in [4.78, 5) is 15.0. The van der Waals surface area contributed by atoms with Crippen LogP contribution >= 0.6 is 0 Å². The number of nitrogens with one attached hydrogen (secondary N) is 1. The number of aromatic nitrogens is 3. The predicted octanol–water partition coefficient (Wildman–Crippen LogP) is 7.12. The molecule has 0 aliphatic rings. The fourth-order valence-corrected chi connectivity index (χ4v) is 4.24. The van der Waals surface area contributed by atoms with Gasteiger partial charge in [0, 0.05) is 18.8 Å². The number of anilines is 2. The molecule has 0 fully saturated rings. The molecule has 0 aliphatic heterocycles. The van der Waals surface area contributed by atoms with Crippen molar-refractivity contribution >= 4 is 34.3 Å². The SMILES string of the molecule is CCc1ccc(OS(=O)Nc2cc(N(CC)CC)ccc2N=Nc2nc(OC(C)(C)C)nc(OC(C)(C)C)n2)cc1. The monoisotopic (exact) mass is 583 g/mol. The molecule has 3 rings (SSSR count). The van der Waals surface area contributed by atoms with Gasteiger partial charge in [-0.2, -0.15) is 14.2 Å². The second kappa shape index (κ2) is 13.7. The van der Waals surface area contributed by atoms with Gasteiger partial charge in [-0.25, -0.2) is 0 Å². The van der Waals surface area contributed by atoms with Gasteiger partial charge in [-0.05, 0) is 97.7 Å². The number of aryl methyl sites for hydroxylation is 1. The maximum atomic E-state index is 13.0. The summed E-state index contributed by atoms with van der Waals surface area (Å²) >= 11 is -1.90. The number of nitrogens with zero attached hydrogens (tertiary/aromatic N) is 6. The zero-order valence-corrected chi connectivity index (χ0v) is 26.2.